The van der Waals surface area contributed by atoms with Crippen molar-refractivity contribution in [1.82, 2.24) is 0 Å². The second kappa shape index (κ2) is 7.11. The van der Waals surface area contributed by atoms with Crippen LogP contribution >= 0.6 is 15.9 Å². The summed E-state index contributed by atoms with van der Waals surface area (Å²) >= 11 is 3.59. The number of benzene rings is 1. The molecule has 1 aliphatic carbocycles. The summed E-state index contributed by atoms with van der Waals surface area (Å²) in [5, 5.41) is 11.9. The summed E-state index contributed by atoms with van der Waals surface area (Å²) in [5.74, 6) is 0.772. The molecule has 1 aliphatic rings. The molecule has 1 saturated carbocycles. The van der Waals surface area contributed by atoms with Gasteiger partial charge in [-0.25, -0.2) is 0 Å². The molecule has 0 atom stereocenters. The molecule has 0 radical (unpaired) electrons. The van der Waals surface area contributed by atoms with Crippen molar-refractivity contribution >= 4 is 21.6 Å². The van der Waals surface area contributed by atoms with Gasteiger partial charge in [0, 0.05) is 10.7 Å². The second-order valence-electron chi connectivity index (χ2n) is 5.57. The van der Waals surface area contributed by atoms with E-state index < -0.39 is 4.92 Å². The maximum Gasteiger partial charge on any atom is 0.314 e. The largest absolute Gasteiger partial charge is 0.493 e. The Morgan fingerprint density at radius 3 is 2.62 bits per heavy atom. The maximum atomic E-state index is 11.0. The van der Waals surface area contributed by atoms with Crippen LogP contribution in [0.5, 0.6) is 11.5 Å². The molecular weight excluding hydrogens is 338 g/mol. The van der Waals surface area contributed by atoms with Crippen molar-refractivity contribution in [2.24, 2.45) is 5.41 Å². The lowest BCUT2D eigenvalue weighted by molar-refractivity contribution is -0.385. The predicted molar refractivity (Wildman–Crippen MR) is 84.5 cm³/mol. The molecule has 0 heterocycles. The summed E-state index contributed by atoms with van der Waals surface area (Å²) in [4.78, 5) is 10.6. The van der Waals surface area contributed by atoms with E-state index in [4.69, 9.17) is 9.47 Å². The Bertz CT molecular complexity index is 500. The van der Waals surface area contributed by atoms with Crippen molar-refractivity contribution < 1.29 is 14.4 Å². The number of ether oxygens (including phenoxy) is 2. The van der Waals surface area contributed by atoms with Gasteiger partial charge in [-0.15, -0.1) is 0 Å². The summed E-state index contributed by atoms with van der Waals surface area (Å²) in [6, 6.07) is 4.73. The first-order valence-electron chi connectivity index (χ1n) is 7.11. The minimum absolute atomic E-state index is 0.0634. The third-order valence-corrected chi connectivity index (χ3v) is 5.28. The van der Waals surface area contributed by atoms with Gasteiger partial charge in [0.2, 0.25) is 0 Å². The van der Waals surface area contributed by atoms with Gasteiger partial charge < -0.3 is 9.47 Å². The van der Waals surface area contributed by atoms with Gasteiger partial charge in [-0.2, -0.15) is 0 Å². The van der Waals surface area contributed by atoms with E-state index in [9.17, 15) is 10.1 Å². The Morgan fingerprint density at radius 1 is 1.33 bits per heavy atom. The number of hydrogen-bond acceptors (Lipinski definition) is 4. The Balaban J connectivity index is 2.09. The van der Waals surface area contributed by atoms with E-state index in [1.807, 2.05) is 0 Å². The molecule has 0 saturated heterocycles. The number of rotatable bonds is 6. The minimum Gasteiger partial charge on any atom is -0.493 e. The molecule has 0 bridgehead atoms. The molecule has 0 amide bonds. The normalized spacial score (nSPS) is 17.2. The number of hydrogen-bond donors (Lipinski definition) is 0. The van der Waals surface area contributed by atoms with Crippen LogP contribution in [0.2, 0.25) is 0 Å². The zero-order valence-electron chi connectivity index (χ0n) is 12.1. The van der Waals surface area contributed by atoms with E-state index >= 15 is 0 Å². The van der Waals surface area contributed by atoms with Crippen LogP contribution in [-0.4, -0.2) is 24.0 Å². The van der Waals surface area contributed by atoms with E-state index in [-0.39, 0.29) is 16.9 Å². The van der Waals surface area contributed by atoms with Gasteiger partial charge in [-0.1, -0.05) is 35.2 Å². The molecule has 6 heteroatoms. The van der Waals surface area contributed by atoms with E-state index in [0.717, 1.165) is 18.2 Å². The third kappa shape index (κ3) is 3.87. The van der Waals surface area contributed by atoms with Crippen molar-refractivity contribution in [2.75, 3.05) is 19.0 Å². The lowest BCUT2D eigenvalue weighted by atomic mass is 9.76. The third-order valence-electron chi connectivity index (χ3n) is 4.09. The highest BCUT2D eigenvalue weighted by atomic mass is 79.9. The van der Waals surface area contributed by atoms with Crippen LogP contribution in [-0.2, 0) is 0 Å². The van der Waals surface area contributed by atoms with Crippen molar-refractivity contribution in [3.05, 3.63) is 28.3 Å². The summed E-state index contributed by atoms with van der Waals surface area (Å²) in [5.41, 5.74) is 0.0824. The summed E-state index contributed by atoms with van der Waals surface area (Å²) < 4.78 is 10.8. The van der Waals surface area contributed by atoms with E-state index in [1.54, 1.807) is 12.1 Å². The number of nitrogens with zero attached hydrogens (tertiary/aromatic N) is 1. The lowest BCUT2D eigenvalue weighted by Gasteiger charge is -2.35. The summed E-state index contributed by atoms with van der Waals surface area (Å²) in [7, 11) is 1.42. The summed E-state index contributed by atoms with van der Waals surface area (Å²) in [6.45, 7) is 0.585. The molecule has 1 aromatic carbocycles. The molecule has 0 aliphatic heterocycles. The Kier molecular flexibility index (Phi) is 5.45. The fraction of sp³-hybridized carbons (Fsp3) is 0.600. The highest BCUT2D eigenvalue weighted by Crippen LogP contribution is 2.39. The van der Waals surface area contributed by atoms with E-state index in [2.05, 4.69) is 15.9 Å². The first-order valence-corrected chi connectivity index (χ1v) is 8.23. The van der Waals surface area contributed by atoms with Gasteiger partial charge in [0.1, 0.15) is 5.75 Å². The highest BCUT2D eigenvalue weighted by Gasteiger charge is 2.32. The fourth-order valence-corrected chi connectivity index (χ4v) is 3.48. The van der Waals surface area contributed by atoms with Gasteiger partial charge in [-0.3, -0.25) is 10.1 Å². The average Bonchev–Trinajstić information content (AvgIpc) is 2.53. The number of methoxy groups -OCH3 is 1. The van der Waals surface area contributed by atoms with Gasteiger partial charge in [-0.05, 0) is 25.0 Å². The second-order valence-corrected chi connectivity index (χ2v) is 6.13. The molecule has 116 valence electrons. The smallest absolute Gasteiger partial charge is 0.314 e. The van der Waals surface area contributed by atoms with Crippen LogP contribution in [0.1, 0.15) is 32.1 Å². The maximum absolute atomic E-state index is 11.0. The Labute approximate surface area is 132 Å². The molecule has 1 aromatic rings. The van der Waals surface area contributed by atoms with Crippen LogP contribution in [0.4, 0.5) is 5.69 Å². The first kappa shape index (κ1) is 16.1. The minimum atomic E-state index is -0.452. The number of halogens is 1. The Hall–Kier alpha value is -1.30. The van der Waals surface area contributed by atoms with E-state index in [0.29, 0.717) is 12.4 Å². The molecule has 0 aromatic heterocycles. The molecule has 21 heavy (non-hydrogen) atoms. The van der Waals surface area contributed by atoms with Crippen LogP contribution in [0.15, 0.2) is 18.2 Å². The van der Waals surface area contributed by atoms with E-state index in [1.165, 1.54) is 32.4 Å². The first-order chi connectivity index (χ1) is 10.1. The fourth-order valence-electron chi connectivity index (χ4n) is 2.76. The molecule has 2 rings (SSSR count). The van der Waals surface area contributed by atoms with Gasteiger partial charge >= 0.3 is 5.69 Å². The van der Waals surface area contributed by atoms with Crippen LogP contribution < -0.4 is 9.47 Å². The van der Waals surface area contributed by atoms with Crippen molar-refractivity contribution in [3.8, 4) is 11.5 Å². The monoisotopic (exact) mass is 357 g/mol. The zero-order chi connectivity index (χ0) is 15.3. The molecule has 5 nitrogen and oxygen atoms in total. The summed E-state index contributed by atoms with van der Waals surface area (Å²) in [6.07, 6.45) is 5.99. The molecule has 1 fully saturated rings. The number of alkyl halides is 1. The quantitative estimate of drug-likeness (QED) is 0.431. The van der Waals surface area contributed by atoms with Gasteiger partial charge in [0.15, 0.2) is 5.75 Å². The van der Waals surface area contributed by atoms with Crippen molar-refractivity contribution in [1.29, 1.82) is 0 Å². The van der Waals surface area contributed by atoms with Crippen LogP contribution in [0, 0.1) is 15.5 Å². The average molecular weight is 358 g/mol. The van der Waals surface area contributed by atoms with Gasteiger partial charge in [0.25, 0.3) is 0 Å². The molecular formula is C15H20BrNO4. The van der Waals surface area contributed by atoms with Gasteiger partial charge in [0.05, 0.1) is 24.7 Å². The number of nitro groups is 1. The molecule has 0 spiro atoms. The highest BCUT2D eigenvalue weighted by molar-refractivity contribution is 9.09. The standard InChI is InChI=1S/C15H20BrNO4/c1-20-14-6-5-12(9-13(14)17(18)19)21-11-15(10-16)7-3-2-4-8-15/h5-6,9H,2-4,7-8,10-11H2,1H3. The topological polar surface area (TPSA) is 61.6 Å². The molecule has 0 N–H and O–H groups in total. The predicted octanol–water partition coefficient (Wildman–Crippen LogP) is 4.33. The van der Waals surface area contributed by atoms with Crippen molar-refractivity contribution in [2.45, 2.75) is 32.1 Å². The van der Waals surface area contributed by atoms with Crippen molar-refractivity contribution in [3.63, 3.8) is 0 Å². The van der Waals surface area contributed by atoms with Crippen LogP contribution in [0.25, 0.3) is 0 Å². The SMILES string of the molecule is COc1ccc(OCC2(CBr)CCCCC2)cc1[N+](=O)[O-]. The Morgan fingerprint density at radius 2 is 2.05 bits per heavy atom. The lowest BCUT2D eigenvalue weighted by Crippen LogP contribution is -2.32. The zero-order valence-corrected chi connectivity index (χ0v) is 13.7. The molecule has 0 unspecified atom stereocenters. The number of nitro benzene ring substituents is 1. The van der Waals surface area contributed by atoms with Crippen LogP contribution in [0.3, 0.4) is 0 Å².